The summed E-state index contributed by atoms with van der Waals surface area (Å²) >= 11 is 0. The molecule has 0 aliphatic heterocycles. The number of hydrogen-bond donors (Lipinski definition) is 3. The third-order valence-corrected chi connectivity index (χ3v) is 3.50. The zero-order valence-corrected chi connectivity index (χ0v) is 12.6. The van der Waals surface area contributed by atoms with Gasteiger partial charge in [-0.05, 0) is 18.9 Å². The monoisotopic (exact) mass is 316 g/mol. The van der Waals surface area contributed by atoms with Gasteiger partial charge in [0.05, 0.1) is 10.7 Å². The Kier molecular flexibility index (Phi) is 6.38. The molecule has 9 heteroatoms. The quantitative estimate of drug-likeness (QED) is 0.360. The van der Waals surface area contributed by atoms with E-state index in [1.54, 1.807) is 6.07 Å². The lowest BCUT2D eigenvalue weighted by atomic mass is 10.2. The van der Waals surface area contributed by atoms with Crippen molar-refractivity contribution >= 4 is 27.1 Å². The molecule has 0 heterocycles. The molecule has 0 saturated carbocycles. The number of sulfonamides is 1. The lowest BCUT2D eigenvalue weighted by Gasteiger charge is -2.10. The van der Waals surface area contributed by atoms with Crippen LogP contribution in [0.1, 0.15) is 19.8 Å². The smallest absolute Gasteiger partial charge is 0.273 e. The normalized spacial score (nSPS) is 11.1. The molecule has 0 aliphatic rings. The second-order valence-electron chi connectivity index (χ2n) is 4.60. The summed E-state index contributed by atoms with van der Waals surface area (Å²) in [6.07, 6.45) is 1.24. The number of non-ortho nitro benzene ring substituents is 1. The highest BCUT2D eigenvalue weighted by Gasteiger charge is 2.10. The molecule has 1 rings (SSSR count). The van der Waals surface area contributed by atoms with Crippen LogP contribution < -0.4 is 15.8 Å². The third-order valence-electron chi connectivity index (χ3n) is 2.64. The van der Waals surface area contributed by atoms with E-state index in [1.165, 1.54) is 12.1 Å². The molecule has 0 fully saturated rings. The standard InChI is InChI=1S/C12H20N4O4S/c1-2-4-14-10-7-11(9-12(8-10)16(17)18)15-5-3-6-21(13,19)20/h7-9,14-15H,2-6H2,1H3,(H2,13,19,20). The Hall–Kier alpha value is -1.87. The van der Waals surface area contributed by atoms with Gasteiger partial charge in [0.2, 0.25) is 10.0 Å². The number of nitrogens with one attached hydrogen (secondary N) is 2. The van der Waals surface area contributed by atoms with Crippen molar-refractivity contribution in [2.45, 2.75) is 19.8 Å². The van der Waals surface area contributed by atoms with E-state index >= 15 is 0 Å². The van der Waals surface area contributed by atoms with Gasteiger partial charge in [-0.1, -0.05) is 6.92 Å². The van der Waals surface area contributed by atoms with Crippen LogP contribution >= 0.6 is 0 Å². The predicted octanol–water partition coefficient (Wildman–Crippen LogP) is 1.51. The molecule has 0 aromatic heterocycles. The number of benzene rings is 1. The largest absolute Gasteiger partial charge is 0.385 e. The molecule has 0 aliphatic carbocycles. The van der Waals surface area contributed by atoms with Crippen molar-refractivity contribution in [2.75, 3.05) is 29.5 Å². The van der Waals surface area contributed by atoms with E-state index in [0.717, 1.165) is 6.42 Å². The number of nitro benzene ring substituents is 1. The molecule has 0 saturated heterocycles. The highest BCUT2D eigenvalue weighted by molar-refractivity contribution is 7.89. The minimum absolute atomic E-state index is 0.0231. The first kappa shape index (κ1) is 17.2. The molecule has 1 aromatic carbocycles. The summed E-state index contributed by atoms with van der Waals surface area (Å²) < 4.78 is 21.6. The molecule has 118 valence electrons. The van der Waals surface area contributed by atoms with Crippen LogP contribution in [0.5, 0.6) is 0 Å². The zero-order valence-electron chi connectivity index (χ0n) is 11.8. The molecule has 8 nitrogen and oxygen atoms in total. The molecular weight excluding hydrogens is 296 g/mol. The van der Waals surface area contributed by atoms with E-state index in [0.29, 0.717) is 30.9 Å². The fraction of sp³-hybridized carbons (Fsp3) is 0.500. The third kappa shape index (κ3) is 6.91. The van der Waals surface area contributed by atoms with Gasteiger partial charge in [0.15, 0.2) is 0 Å². The van der Waals surface area contributed by atoms with E-state index in [4.69, 9.17) is 5.14 Å². The second kappa shape index (κ2) is 7.79. The first-order valence-corrected chi connectivity index (χ1v) is 8.31. The van der Waals surface area contributed by atoms with Crippen LogP contribution in [0.4, 0.5) is 17.1 Å². The summed E-state index contributed by atoms with van der Waals surface area (Å²) in [6, 6.07) is 4.62. The Morgan fingerprint density at radius 1 is 1.19 bits per heavy atom. The number of nitrogens with zero attached hydrogens (tertiary/aromatic N) is 1. The Morgan fingerprint density at radius 2 is 1.76 bits per heavy atom. The van der Waals surface area contributed by atoms with E-state index in [2.05, 4.69) is 10.6 Å². The SMILES string of the molecule is CCCNc1cc(NCCCS(N)(=O)=O)cc([N+](=O)[O-])c1. The highest BCUT2D eigenvalue weighted by Crippen LogP contribution is 2.24. The van der Waals surface area contributed by atoms with Crippen molar-refractivity contribution in [3.63, 3.8) is 0 Å². The Labute approximate surface area is 123 Å². The molecule has 1 aromatic rings. The van der Waals surface area contributed by atoms with Gasteiger partial charge in [0.25, 0.3) is 5.69 Å². The predicted molar refractivity (Wildman–Crippen MR) is 83.0 cm³/mol. The Bertz CT molecular complexity index is 589. The van der Waals surface area contributed by atoms with Gasteiger partial charge in [-0.3, -0.25) is 10.1 Å². The van der Waals surface area contributed by atoms with E-state index < -0.39 is 14.9 Å². The van der Waals surface area contributed by atoms with Gasteiger partial charge < -0.3 is 10.6 Å². The van der Waals surface area contributed by atoms with Gasteiger partial charge in [-0.25, -0.2) is 13.6 Å². The molecule has 0 amide bonds. The first-order chi connectivity index (χ1) is 9.81. The number of nitrogens with two attached hydrogens (primary N) is 1. The average Bonchev–Trinajstić information content (AvgIpc) is 2.40. The van der Waals surface area contributed by atoms with Crippen LogP contribution in [0.2, 0.25) is 0 Å². The van der Waals surface area contributed by atoms with Crippen LogP contribution in [0.3, 0.4) is 0 Å². The lowest BCUT2D eigenvalue weighted by molar-refractivity contribution is -0.384. The molecule has 4 N–H and O–H groups in total. The minimum Gasteiger partial charge on any atom is -0.385 e. The van der Waals surface area contributed by atoms with E-state index in [-0.39, 0.29) is 11.4 Å². The zero-order chi connectivity index (χ0) is 15.9. The lowest BCUT2D eigenvalue weighted by Crippen LogP contribution is -2.18. The van der Waals surface area contributed by atoms with Gasteiger partial charge in [-0.15, -0.1) is 0 Å². The van der Waals surface area contributed by atoms with Crippen LogP contribution in [-0.4, -0.2) is 32.2 Å². The highest BCUT2D eigenvalue weighted by atomic mass is 32.2. The van der Waals surface area contributed by atoms with Crippen molar-refractivity contribution < 1.29 is 13.3 Å². The maximum Gasteiger partial charge on any atom is 0.273 e. The molecule has 0 spiro atoms. The van der Waals surface area contributed by atoms with E-state index in [1.807, 2.05) is 6.92 Å². The molecular formula is C12H20N4O4S. The van der Waals surface area contributed by atoms with Gasteiger partial charge >= 0.3 is 0 Å². The number of hydrogen-bond acceptors (Lipinski definition) is 6. The number of nitro groups is 1. The van der Waals surface area contributed by atoms with Crippen molar-refractivity contribution in [1.82, 2.24) is 0 Å². The summed E-state index contributed by atoms with van der Waals surface area (Å²) in [6.45, 7) is 3.08. The van der Waals surface area contributed by atoms with Gasteiger partial charge in [-0.2, -0.15) is 0 Å². The van der Waals surface area contributed by atoms with Crippen molar-refractivity contribution in [3.05, 3.63) is 28.3 Å². The first-order valence-electron chi connectivity index (χ1n) is 6.59. The summed E-state index contributed by atoms with van der Waals surface area (Å²) in [5, 5.41) is 21.8. The average molecular weight is 316 g/mol. The van der Waals surface area contributed by atoms with Crippen LogP contribution in [0.25, 0.3) is 0 Å². The fourth-order valence-electron chi connectivity index (χ4n) is 1.70. The van der Waals surface area contributed by atoms with Crippen LogP contribution in [0, 0.1) is 10.1 Å². The second-order valence-corrected chi connectivity index (χ2v) is 6.33. The van der Waals surface area contributed by atoms with E-state index in [9.17, 15) is 18.5 Å². The van der Waals surface area contributed by atoms with Crippen LogP contribution in [-0.2, 0) is 10.0 Å². The maximum atomic E-state index is 10.9. The minimum atomic E-state index is -3.48. The summed E-state index contributed by atoms with van der Waals surface area (Å²) in [7, 11) is -3.48. The van der Waals surface area contributed by atoms with Gasteiger partial charge in [0, 0.05) is 36.6 Å². The number of anilines is 2. The Morgan fingerprint density at radius 3 is 2.24 bits per heavy atom. The molecule has 0 bridgehead atoms. The molecule has 0 radical (unpaired) electrons. The van der Waals surface area contributed by atoms with Crippen molar-refractivity contribution in [2.24, 2.45) is 5.14 Å². The van der Waals surface area contributed by atoms with Crippen molar-refractivity contribution in [1.29, 1.82) is 0 Å². The maximum absolute atomic E-state index is 10.9. The van der Waals surface area contributed by atoms with Gasteiger partial charge in [0.1, 0.15) is 0 Å². The number of primary sulfonamides is 1. The fourth-order valence-corrected chi connectivity index (χ4v) is 2.24. The summed E-state index contributed by atoms with van der Waals surface area (Å²) in [5.41, 5.74) is 1.20. The van der Waals surface area contributed by atoms with Crippen molar-refractivity contribution in [3.8, 4) is 0 Å². The topological polar surface area (TPSA) is 127 Å². The molecule has 0 unspecified atom stereocenters. The Balaban J connectivity index is 2.71. The summed E-state index contributed by atoms with van der Waals surface area (Å²) in [4.78, 5) is 10.4. The number of rotatable bonds is 9. The summed E-state index contributed by atoms with van der Waals surface area (Å²) in [5.74, 6) is -0.129. The molecule has 0 atom stereocenters. The molecule has 21 heavy (non-hydrogen) atoms. The van der Waals surface area contributed by atoms with Crippen LogP contribution in [0.15, 0.2) is 18.2 Å².